The smallest absolute Gasteiger partial charge is 0.0623 e. The molecule has 1 aromatic rings. The van der Waals surface area contributed by atoms with Crippen molar-refractivity contribution in [3.8, 4) is 0 Å². The van der Waals surface area contributed by atoms with Gasteiger partial charge in [0.25, 0.3) is 0 Å². The molecule has 1 aromatic heterocycles. The highest BCUT2D eigenvalue weighted by molar-refractivity contribution is 5.11. The lowest BCUT2D eigenvalue weighted by Crippen LogP contribution is -2.23. The Kier molecular flexibility index (Phi) is 2.60. The lowest BCUT2D eigenvalue weighted by atomic mass is 9.84. The lowest BCUT2D eigenvalue weighted by molar-refractivity contribution is 0.104. The molecule has 1 N–H and O–H groups in total. The van der Waals surface area contributed by atoms with Gasteiger partial charge in [-0.1, -0.05) is 18.9 Å². The highest BCUT2D eigenvalue weighted by Crippen LogP contribution is 2.31. The molecule has 70 valence electrons. The molecule has 2 nitrogen and oxygen atoms in total. The van der Waals surface area contributed by atoms with Crippen molar-refractivity contribution in [3.63, 3.8) is 0 Å². The highest BCUT2D eigenvalue weighted by Gasteiger charge is 2.24. The van der Waals surface area contributed by atoms with Crippen molar-refractivity contribution >= 4 is 0 Å². The summed E-state index contributed by atoms with van der Waals surface area (Å²) >= 11 is 0. The number of aliphatic hydroxyl groups is 1. The lowest BCUT2D eigenvalue weighted by Gasteiger charge is -2.26. The third kappa shape index (κ3) is 1.89. The van der Waals surface area contributed by atoms with Crippen molar-refractivity contribution in [3.05, 3.63) is 30.1 Å². The van der Waals surface area contributed by atoms with E-state index in [0.29, 0.717) is 0 Å². The van der Waals surface area contributed by atoms with Gasteiger partial charge in [-0.05, 0) is 25.0 Å². The van der Waals surface area contributed by atoms with Crippen LogP contribution in [0.2, 0.25) is 0 Å². The average Bonchev–Trinajstić information content (AvgIpc) is 2.20. The van der Waals surface area contributed by atoms with E-state index in [1.54, 1.807) is 6.20 Å². The maximum Gasteiger partial charge on any atom is 0.0623 e. The topological polar surface area (TPSA) is 33.1 Å². The Labute approximate surface area is 78.6 Å². The highest BCUT2D eigenvalue weighted by atomic mass is 16.3. The number of pyridine rings is 1. The molecule has 1 aliphatic rings. The Morgan fingerprint density at radius 3 is 2.77 bits per heavy atom. The molecule has 0 aromatic carbocycles. The summed E-state index contributed by atoms with van der Waals surface area (Å²) in [6, 6.07) is 5.92. The summed E-state index contributed by atoms with van der Waals surface area (Å²) < 4.78 is 0. The van der Waals surface area contributed by atoms with Crippen LogP contribution in [0.25, 0.3) is 0 Å². The van der Waals surface area contributed by atoms with Crippen LogP contribution in [0.5, 0.6) is 0 Å². The molecule has 0 bridgehead atoms. The first-order valence-corrected chi connectivity index (χ1v) is 4.97. The maximum absolute atomic E-state index is 9.78. The Morgan fingerprint density at radius 1 is 1.23 bits per heavy atom. The summed E-state index contributed by atoms with van der Waals surface area (Å²) in [6.07, 6.45) is 6.02. The largest absolute Gasteiger partial charge is 0.392 e. The molecular weight excluding hydrogens is 162 g/mol. The van der Waals surface area contributed by atoms with E-state index in [1.165, 1.54) is 6.42 Å². The summed E-state index contributed by atoms with van der Waals surface area (Å²) in [5.41, 5.74) is 1.05. The zero-order valence-electron chi connectivity index (χ0n) is 7.69. The normalized spacial score (nSPS) is 28.7. The third-order valence-corrected chi connectivity index (χ3v) is 2.80. The molecule has 2 rings (SSSR count). The van der Waals surface area contributed by atoms with Crippen LogP contribution in [0.4, 0.5) is 0 Å². The second-order valence-electron chi connectivity index (χ2n) is 3.71. The summed E-state index contributed by atoms with van der Waals surface area (Å²) in [5.74, 6) is 0.273. The summed E-state index contributed by atoms with van der Waals surface area (Å²) in [7, 11) is 0. The molecule has 1 saturated carbocycles. The van der Waals surface area contributed by atoms with Crippen molar-refractivity contribution in [1.29, 1.82) is 0 Å². The van der Waals surface area contributed by atoms with Crippen LogP contribution in [-0.2, 0) is 0 Å². The SMILES string of the molecule is O[C@@H]1CCCC[C@@H]1c1ccccn1. The predicted octanol–water partition coefficient (Wildman–Crippen LogP) is 2.10. The van der Waals surface area contributed by atoms with Gasteiger partial charge < -0.3 is 5.11 Å². The molecule has 2 heteroatoms. The van der Waals surface area contributed by atoms with E-state index in [0.717, 1.165) is 25.0 Å². The zero-order valence-corrected chi connectivity index (χ0v) is 7.69. The van der Waals surface area contributed by atoms with Crippen molar-refractivity contribution in [2.75, 3.05) is 0 Å². The minimum absolute atomic E-state index is 0.177. The van der Waals surface area contributed by atoms with Gasteiger partial charge in [0, 0.05) is 17.8 Å². The van der Waals surface area contributed by atoms with Crippen LogP contribution in [0.15, 0.2) is 24.4 Å². The van der Waals surface area contributed by atoms with E-state index < -0.39 is 0 Å². The molecule has 0 saturated heterocycles. The van der Waals surface area contributed by atoms with Crippen LogP contribution < -0.4 is 0 Å². The molecule has 13 heavy (non-hydrogen) atoms. The first kappa shape index (κ1) is 8.70. The molecule has 2 atom stereocenters. The standard InChI is InChI=1S/C11H15NO/c13-11-7-2-1-5-9(11)10-6-3-4-8-12-10/h3-4,6,8-9,11,13H,1-2,5,7H2/t9-,11-/m1/s1. The first-order chi connectivity index (χ1) is 6.38. The van der Waals surface area contributed by atoms with Gasteiger partial charge in [0.15, 0.2) is 0 Å². The molecule has 0 amide bonds. The Morgan fingerprint density at radius 2 is 2.08 bits per heavy atom. The van der Waals surface area contributed by atoms with E-state index >= 15 is 0 Å². The fraction of sp³-hybridized carbons (Fsp3) is 0.545. The van der Waals surface area contributed by atoms with Gasteiger partial charge >= 0.3 is 0 Å². The Balaban J connectivity index is 2.15. The molecule has 1 aliphatic carbocycles. The summed E-state index contributed by atoms with van der Waals surface area (Å²) in [5, 5.41) is 9.78. The van der Waals surface area contributed by atoms with Gasteiger partial charge in [-0.25, -0.2) is 0 Å². The monoisotopic (exact) mass is 177 g/mol. The fourth-order valence-electron chi connectivity index (χ4n) is 2.05. The van der Waals surface area contributed by atoms with Gasteiger partial charge in [0.05, 0.1) is 6.10 Å². The van der Waals surface area contributed by atoms with Crippen LogP contribution in [0.3, 0.4) is 0 Å². The molecule has 0 spiro atoms. The third-order valence-electron chi connectivity index (χ3n) is 2.80. The predicted molar refractivity (Wildman–Crippen MR) is 51.5 cm³/mol. The number of rotatable bonds is 1. The van der Waals surface area contributed by atoms with Gasteiger partial charge in [-0.2, -0.15) is 0 Å². The number of hydrogen-bond donors (Lipinski definition) is 1. The van der Waals surface area contributed by atoms with Gasteiger partial charge in [-0.15, -0.1) is 0 Å². The van der Waals surface area contributed by atoms with E-state index in [4.69, 9.17) is 0 Å². The molecule has 1 heterocycles. The molecule has 0 unspecified atom stereocenters. The second-order valence-corrected chi connectivity index (χ2v) is 3.71. The van der Waals surface area contributed by atoms with Crippen molar-refractivity contribution in [1.82, 2.24) is 4.98 Å². The fourth-order valence-corrected chi connectivity index (χ4v) is 2.05. The number of aromatic nitrogens is 1. The number of nitrogens with zero attached hydrogens (tertiary/aromatic N) is 1. The summed E-state index contributed by atoms with van der Waals surface area (Å²) in [6.45, 7) is 0. The first-order valence-electron chi connectivity index (χ1n) is 4.97. The maximum atomic E-state index is 9.78. The summed E-state index contributed by atoms with van der Waals surface area (Å²) in [4.78, 5) is 4.29. The van der Waals surface area contributed by atoms with Crippen LogP contribution in [-0.4, -0.2) is 16.2 Å². The van der Waals surface area contributed by atoms with Crippen LogP contribution in [0, 0.1) is 0 Å². The van der Waals surface area contributed by atoms with Gasteiger partial charge in [0.1, 0.15) is 0 Å². The zero-order chi connectivity index (χ0) is 9.10. The van der Waals surface area contributed by atoms with E-state index in [-0.39, 0.29) is 12.0 Å². The molecule has 0 radical (unpaired) electrons. The van der Waals surface area contributed by atoms with Crippen LogP contribution >= 0.6 is 0 Å². The van der Waals surface area contributed by atoms with Crippen molar-refractivity contribution in [2.24, 2.45) is 0 Å². The molecule has 1 fully saturated rings. The minimum atomic E-state index is -0.177. The number of hydrogen-bond acceptors (Lipinski definition) is 2. The number of aliphatic hydroxyl groups excluding tert-OH is 1. The van der Waals surface area contributed by atoms with Crippen LogP contribution in [0.1, 0.15) is 37.3 Å². The quantitative estimate of drug-likeness (QED) is 0.712. The van der Waals surface area contributed by atoms with E-state index in [1.807, 2.05) is 18.2 Å². The Bertz CT molecular complexity index is 260. The van der Waals surface area contributed by atoms with Gasteiger partial charge in [0.2, 0.25) is 0 Å². The Hall–Kier alpha value is -0.890. The van der Waals surface area contributed by atoms with Crippen molar-refractivity contribution in [2.45, 2.75) is 37.7 Å². The van der Waals surface area contributed by atoms with E-state index in [9.17, 15) is 5.11 Å². The molecule has 0 aliphatic heterocycles. The second kappa shape index (κ2) is 3.88. The molecular formula is C11H15NO. The average molecular weight is 177 g/mol. The van der Waals surface area contributed by atoms with E-state index in [2.05, 4.69) is 4.98 Å². The van der Waals surface area contributed by atoms with Crippen molar-refractivity contribution < 1.29 is 5.11 Å². The van der Waals surface area contributed by atoms with Gasteiger partial charge in [-0.3, -0.25) is 4.98 Å². The minimum Gasteiger partial charge on any atom is -0.392 e.